The maximum absolute atomic E-state index is 14.3. The highest BCUT2D eigenvalue weighted by atomic mass is 32.2. The van der Waals surface area contributed by atoms with E-state index in [9.17, 15) is 22.4 Å². The zero-order valence-electron chi connectivity index (χ0n) is 16.5. The number of fused-ring (bicyclic) bond motifs is 1. The number of hydrogen-bond acceptors (Lipinski definition) is 3. The van der Waals surface area contributed by atoms with Gasteiger partial charge in [-0.1, -0.05) is 12.1 Å². The molecule has 0 aliphatic heterocycles. The van der Waals surface area contributed by atoms with Crippen LogP contribution in [-0.2, 0) is 21.5 Å². The number of hydrogen-bond donors (Lipinski definition) is 1. The van der Waals surface area contributed by atoms with Gasteiger partial charge in [0, 0.05) is 28.8 Å². The molecule has 30 heavy (non-hydrogen) atoms. The summed E-state index contributed by atoms with van der Waals surface area (Å²) in [5.41, 5.74) is 1.64. The van der Waals surface area contributed by atoms with Crippen molar-refractivity contribution in [2.45, 2.75) is 31.2 Å². The van der Waals surface area contributed by atoms with E-state index in [0.717, 1.165) is 17.5 Å². The number of rotatable bonds is 7. The summed E-state index contributed by atoms with van der Waals surface area (Å²) in [5.74, 6) is -0.857. The summed E-state index contributed by atoms with van der Waals surface area (Å²) in [6.07, 6.45) is -0.926. The second kappa shape index (κ2) is 9.12. The number of aromatic amines is 1. The molecule has 0 aliphatic carbocycles. The van der Waals surface area contributed by atoms with Crippen molar-refractivity contribution in [1.29, 1.82) is 0 Å². The van der Waals surface area contributed by atoms with Gasteiger partial charge in [0.15, 0.2) is 0 Å². The monoisotopic (exact) mass is 439 g/mol. The minimum absolute atomic E-state index is 0.0403. The van der Waals surface area contributed by atoms with Crippen LogP contribution in [-0.4, -0.2) is 23.8 Å². The van der Waals surface area contributed by atoms with Gasteiger partial charge in [0.25, 0.3) is 0 Å². The van der Waals surface area contributed by atoms with Crippen molar-refractivity contribution in [3.05, 3.63) is 70.7 Å². The number of carbonyl (C=O) groups excluding carboxylic acids is 1. The molecule has 0 aliphatic rings. The molecule has 1 unspecified atom stereocenters. The Kier molecular flexibility index (Phi) is 6.75. The first kappa shape index (κ1) is 22.2. The predicted octanol–water partition coefficient (Wildman–Crippen LogP) is 6.27. The van der Waals surface area contributed by atoms with E-state index in [4.69, 9.17) is 4.74 Å². The van der Waals surface area contributed by atoms with Crippen molar-refractivity contribution >= 4 is 28.6 Å². The van der Waals surface area contributed by atoms with Gasteiger partial charge < -0.3 is 9.72 Å². The Balaban J connectivity index is 2.09. The number of esters is 1. The van der Waals surface area contributed by atoms with E-state index >= 15 is 0 Å². The normalized spacial score (nSPS) is 12.9. The van der Waals surface area contributed by atoms with Gasteiger partial charge in [-0.25, -0.2) is 4.39 Å². The van der Waals surface area contributed by atoms with Gasteiger partial charge in [-0.15, -0.1) is 0 Å². The Bertz CT molecular complexity index is 1030. The molecule has 1 atom stereocenters. The summed E-state index contributed by atoms with van der Waals surface area (Å²) in [7, 11) is 0. The highest BCUT2D eigenvalue weighted by molar-refractivity contribution is 7.97. The third-order valence-corrected chi connectivity index (χ3v) is 5.50. The summed E-state index contributed by atoms with van der Waals surface area (Å²) >= 11 is 1.48. The molecule has 1 heterocycles. The number of thioether (sulfide) groups is 1. The molecule has 0 amide bonds. The topological polar surface area (TPSA) is 42.1 Å². The molecule has 0 saturated carbocycles. The lowest BCUT2D eigenvalue weighted by molar-refractivity contribution is -0.143. The van der Waals surface area contributed by atoms with E-state index in [1.165, 1.54) is 30.0 Å². The molecule has 2 aromatic carbocycles. The van der Waals surface area contributed by atoms with E-state index in [0.29, 0.717) is 28.0 Å². The Labute approximate surface area is 175 Å². The van der Waals surface area contributed by atoms with Crippen molar-refractivity contribution in [3.63, 3.8) is 0 Å². The smallest absolute Gasteiger partial charge is 0.416 e. The molecule has 0 fully saturated rings. The van der Waals surface area contributed by atoms with Gasteiger partial charge in [-0.3, -0.25) is 4.79 Å². The van der Waals surface area contributed by atoms with E-state index < -0.39 is 23.6 Å². The molecule has 0 saturated heterocycles. The largest absolute Gasteiger partial charge is 0.466 e. The minimum atomic E-state index is -4.44. The fourth-order valence-corrected chi connectivity index (χ4v) is 4.10. The van der Waals surface area contributed by atoms with Crippen molar-refractivity contribution in [2.75, 3.05) is 12.9 Å². The lowest BCUT2D eigenvalue weighted by Gasteiger charge is -2.18. The molecule has 160 valence electrons. The Morgan fingerprint density at radius 2 is 1.87 bits per heavy atom. The van der Waals surface area contributed by atoms with Crippen LogP contribution in [0.15, 0.2) is 42.6 Å². The molecule has 3 aromatic rings. The Hall–Kier alpha value is -2.48. The summed E-state index contributed by atoms with van der Waals surface area (Å²) in [4.78, 5) is 15.3. The molecular weight excluding hydrogens is 418 g/mol. The number of alkyl halides is 3. The number of ether oxygens (including phenoxy) is 1. The van der Waals surface area contributed by atoms with E-state index in [-0.39, 0.29) is 18.8 Å². The second-order valence-electron chi connectivity index (χ2n) is 6.81. The Morgan fingerprint density at radius 1 is 1.17 bits per heavy atom. The van der Waals surface area contributed by atoms with E-state index in [1.807, 2.05) is 6.26 Å². The van der Waals surface area contributed by atoms with Crippen molar-refractivity contribution in [1.82, 2.24) is 4.98 Å². The van der Waals surface area contributed by atoms with Gasteiger partial charge in [-0.05, 0) is 48.6 Å². The number of aromatic nitrogens is 1. The number of benzene rings is 2. The molecular formula is C22H21F4NO2S. The first-order valence-electron chi connectivity index (χ1n) is 9.36. The summed E-state index contributed by atoms with van der Waals surface area (Å²) in [6, 6.07) is 7.75. The Morgan fingerprint density at radius 3 is 2.47 bits per heavy atom. The summed E-state index contributed by atoms with van der Waals surface area (Å²) < 4.78 is 58.2. The fraction of sp³-hybridized carbons (Fsp3) is 0.318. The van der Waals surface area contributed by atoms with E-state index in [2.05, 4.69) is 4.98 Å². The molecule has 0 radical (unpaired) electrons. The van der Waals surface area contributed by atoms with Crippen molar-refractivity contribution in [2.24, 2.45) is 0 Å². The fourth-order valence-electron chi connectivity index (χ4n) is 3.53. The predicted molar refractivity (Wildman–Crippen MR) is 110 cm³/mol. The highest BCUT2D eigenvalue weighted by Crippen LogP contribution is 2.37. The number of H-pyrrole nitrogens is 1. The lowest BCUT2D eigenvalue weighted by Crippen LogP contribution is -2.12. The zero-order chi connectivity index (χ0) is 21.9. The third-order valence-electron chi connectivity index (χ3n) is 4.92. The molecule has 3 nitrogen and oxygen atoms in total. The number of carbonyl (C=O) groups is 1. The molecule has 1 N–H and O–H groups in total. The van der Waals surface area contributed by atoms with Crippen LogP contribution in [0.5, 0.6) is 0 Å². The quantitative estimate of drug-likeness (QED) is 0.348. The lowest BCUT2D eigenvalue weighted by atomic mass is 9.87. The van der Waals surface area contributed by atoms with Crippen LogP contribution < -0.4 is 0 Å². The number of nitrogens with one attached hydrogen (secondary N) is 1. The van der Waals surface area contributed by atoms with Crippen LogP contribution in [0.2, 0.25) is 0 Å². The first-order valence-corrected chi connectivity index (χ1v) is 10.8. The van der Waals surface area contributed by atoms with E-state index in [1.54, 1.807) is 19.2 Å². The van der Waals surface area contributed by atoms with Crippen molar-refractivity contribution in [3.8, 4) is 0 Å². The van der Waals surface area contributed by atoms with Gasteiger partial charge in [-0.2, -0.15) is 24.9 Å². The van der Waals surface area contributed by atoms with Gasteiger partial charge in [0.1, 0.15) is 5.82 Å². The van der Waals surface area contributed by atoms with Crippen LogP contribution in [0.25, 0.3) is 10.9 Å². The van der Waals surface area contributed by atoms with Crippen molar-refractivity contribution < 1.29 is 27.1 Å². The maximum atomic E-state index is 14.3. The second-order valence-corrected chi connectivity index (χ2v) is 7.67. The first-order chi connectivity index (χ1) is 14.3. The van der Waals surface area contributed by atoms with Gasteiger partial charge >= 0.3 is 12.1 Å². The average Bonchev–Trinajstić information content (AvgIpc) is 3.12. The van der Waals surface area contributed by atoms with Crippen LogP contribution in [0.1, 0.15) is 41.5 Å². The van der Waals surface area contributed by atoms with Gasteiger partial charge in [0.05, 0.1) is 24.1 Å². The highest BCUT2D eigenvalue weighted by Gasteiger charge is 2.31. The maximum Gasteiger partial charge on any atom is 0.416 e. The molecule has 1 aromatic heterocycles. The van der Waals surface area contributed by atoms with Crippen LogP contribution in [0, 0.1) is 5.82 Å². The zero-order valence-corrected chi connectivity index (χ0v) is 17.3. The average molecular weight is 439 g/mol. The van der Waals surface area contributed by atoms with Crippen LogP contribution >= 0.6 is 11.8 Å². The van der Waals surface area contributed by atoms with Crippen LogP contribution in [0.3, 0.4) is 0 Å². The SMILES string of the molecule is CCOC(=O)CC(c1ccc(C(F)(F)F)cc1)c1c[nH]c2c(CSC)c(F)ccc12. The van der Waals surface area contributed by atoms with Crippen LogP contribution in [0.4, 0.5) is 17.6 Å². The van der Waals surface area contributed by atoms with Gasteiger partial charge in [0.2, 0.25) is 0 Å². The number of halogens is 4. The third kappa shape index (κ3) is 4.64. The molecule has 3 rings (SSSR count). The molecule has 0 spiro atoms. The summed E-state index contributed by atoms with van der Waals surface area (Å²) in [5, 5.41) is 0.731. The standard InChI is InChI=1S/C22H21F4NO2S/c1-3-29-20(28)10-16(13-4-6-14(7-5-13)22(24,25)26)17-11-27-21-15(17)8-9-19(23)18(21)12-30-2/h4-9,11,16,27H,3,10,12H2,1-2H3. The molecule has 0 bridgehead atoms. The minimum Gasteiger partial charge on any atom is -0.466 e. The summed E-state index contributed by atoms with van der Waals surface area (Å²) in [6.45, 7) is 1.89. The molecule has 8 heteroatoms.